The summed E-state index contributed by atoms with van der Waals surface area (Å²) in [5.41, 5.74) is 2.88. The second kappa shape index (κ2) is 9.87. The molecule has 32 heavy (non-hydrogen) atoms. The Morgan fingerprint density at radius 2 is 2.03 bits per heavy atom. The van der Waals surface area contributed by atoms with Crippen molar-refractivity contribution in [3.63, 3.8) is 0 Å². The molecule has 1 aromatic carbocycles. The van der Waals surface area contributed by atoms with E-state index in [1.807, 2.05) is 30.0 Å². The van der Waals surface area contributed by atoms with E-state index in [1.54, 1.807) is 19.1 Å². The summed E-state index contributed by atoms with van der Waals surface area (Å²) in [5.74, 6) is -0.0148. The zero-order valence-corrected chi connectivity index (χ0v) is 19.8. The van der Waals surface area contributed by atoms with Gasteiger partial charge in [-0.2, -0.15) is 0 Å². The Morgan fingerprint density at radius 1 is 1.28 bits per heavy atom. The maximum atomic E-state index is 12.8. The van der Waals surface area contributed by atoms with Crippen LogP contribution in [0.4, 0.5) is 15.6 Å². The van der Waals surface area contributed by atoms with Gasteiger partial charge in [0.2, 0.25) is 0 Å². The van der Waals surface area contributed by atoms with Crippen LogP contribution in [0, 0.1) is 6.92 Å². The Balaban J connectivity index is 1.37. The lowest BCUT2D eigenvalue weighted by Gasteiger charge is -2.37. The van der Waals surface area contributed by atoms with Crippen LogP contribution in [0.5, 0.6) is 0 Å². The highest BCUT2D eigenvalue weighted by molar-refractivity contribution is 7.17. The van der Waals surface area contributed by atoms with E-state index in [2.05, 4.69) is 21.3 Å². The van der Waals surface area contributed by atoms with Gasteiger partial charge in [-0.05, 0) is 37.8 Å². The number of ether oxygens (including phenoxy) is 1. The van der Waals surface area contributed by atoms with Crippen LogP contribution in [0.3, 0.4) is 0 Å². The number of nitrogens with zero attached hydrogens (tertiary/aromatic N) is 4. The number of hydrogen-bond acceptors (Lipinski definition) is 6. The van der Waals surface area contributed by atoms with Crippen LogP contribution in [0.15, 0.2) is 24.3 Å². The van der Waals surface area contributed by atoms with Gasteiger partial charge in [-0.3, -0.25) is 4.79 Å². The topological polar surface area (TPSA) is 78.0 Å². The number of amides is 3. The van der Waals surface area contributed by atoms with Crippen molar-refractivity contribution in [3.8, 4) is 0 Å². The minimum Gasteiger partial charge on any atom is -0.383 e. The maximum absolute atomic E-state index is 12.8. The number of anilines is 2. The Morgan fingerprint density at radius 3 is 2.78 bits per heavy atom. The Kier molecular flexibility index (Phi) is 6.95. The molecular formula is C23H31N5O3S. The van der Waals surface area contributed by atoms with E-state index in [0.29, 0.717) is 18.0 Å². The lowest BCUT2D eigenvalue weighted by molar-refractivity contribution is 0.0748. The molecule has 3 heterocycles. The van der Waals surface area contributed by atoms with Crippen molar-refractivity contribution in [1.29, 1.82) is 0 Å². The van der Waals surface area contributed by atoms with Gasteiger partial charge in [0.15, 0.2) is 5.13 Å². The quantitative estimate of drug-likeness (QED) is 0.721. The second-order valence-electron chi connectivity index (χ2n) is 8.38. The lowest BCUT2D eigenvalue weighted by Crippen LogP contribution is -2.48. The number of nitrogens with one attached hydrogen (secondary N) is 1. The number of fused-ring (bicyclic) bond motifs is 1. The third kappa shape index (κ3) is 4.73. The average Bonchev–Trinajstić information content (AvgIpc) is 3.11. The van der Waals surface area contributed by atoms with Crippen LogP contribution in [0.1, 0.15) is 33.8 Å². The predicted octanol–water partition coefficient (Wildman–Crippen LogP) is 3.23. The van der Waals surface area contributed by atoms with Crippen molar-refractivity contribution in [2.45, 2.75) is 32.2 Å². The van der Waals surface area contributed by atoms with Crippen LogP contribution in [-0.4, -0.2) is 79.7 Å². The summed E-state index contributed by atoms with van der Waals surface area (Å²) in [4.78, 5) is 36.9. The van der Waals surface area contributed by atoms with Gasteiger partial charge in [0.1, 0.15) is 4.88 Å². The molecule has 172 valence electrons. The number of para-hydroxylation sites is 1. The molecule has 1 aromatic heterocycles. The first kappa shape index (κ1) is 22.5. The molecule has 2 aromatic rings. The van der Waals surface area contributed by atoms with Crippen molar-refractivity contribution in [2.75, 3.05) is 57.2 Å². The van der Waals surface area contributed by atoms with Gasteiger partial charge in [-0.1, -0.05) is 29.5 Å². The third-order valence-corrected chi connectivity index (χ3v) is 7.48. The zero-order chi connectivity index (χ0) is 22.7. The molecule has 1 fully saturated rings. The van der Waals surface area contributed by atoms with E-state index in [0.717, 1.165) is 55.4 Å². The monoisotopic (exact) mass is 457 g/mol. The minimum absolute atomic E-state index is 0.00882. The van der Waals surface area contributed by atoms with Gasteiger partial charge >= 0.3 is 6.03 Å². The molecule has 0 spiro atoms. The summed E-state index contributed by atoms with van der Waals surface area (Å²) in [6.07, 6.45) is 2.64. The van der Waals surface area contributed by atoms with E-state index in [9.17, 15) is 9.59 Å². The molecule has 0 saturated carbocycles. The second-order valence-corrected chi connectivity index (χ2v) is 9.36. The van der Waals surface area contributed by atoms with Crippen molar-refractivity contribution < 1.29 is 14.3 Å². The van der Waals surface area contributed by atoms with Gasteiger partial charge in [-0.25, -0.2) is 9.78 Å². The Hall–Kier alpha value is -2.65. The molecular weight excluding hydrogens is 426 g/mol. The summed E-state index contributed by atoms with van der Waals surface area (Å²) in [6.45, 7) is 5.33. The molecule has 3 amide bonds. The Labute approximate surface area is 193 Å². The van der Waals surface area contributed by atoms with Crippen molar-refractivity contribution in [2.24, 2.45) is 0 Å². The smallest absolute Gasteiger partial charge is 0.322 e. The largest absolute Gasteiger partial charge is 0.383 e. The zero-order valence-electron chi connectivity index (χ0n) is 19.0. The van der Waals surface area contributed by atoms with E-state index in [4.69, 9.17) is 4.74 Å². The van der Waals surface area contributed by atoms with Crippen molar-refractivity contribution in [1.82, 2.24) is 14.8 Å². The highest BCUT2D eigenvalue weighted by atomic mass is 32.1. The van der Waals surface area contributed by atoms with E-state index in [-0.39, 0.29) is 18.0 Å². The van der Waals surface area contributed by atoms with Gasteiger partial charge in [0, 0.05) is 52.1 Å². The number of piperidine rings is 1. The summed E-state index contributed by atoms with van der Waals surface area (Å²) in [6, 6.07) is 8.22. The number of thiazole rings is 1. The normalized spacial score (nSPS) is 17.0. The molecule has 4 rings (SSSR count). The van der Waals surface area contributed by atoms with E-state index in [1.165, 1.54) is 16.9 Å². The summed E-state index contributed by atoms with van der Waals surface area (Å²) in [7, 11) is 3.42. The number of methoxy groups -OCH3 is 1. The minimum atomic E-state index is -0.0148. The first-order valence-electron chi connectivity index (χ1n) is 11.1. The SMILES string of the molecule is COCCN(C)C(=O)c1sc(N2CCC(N3CCc4ccccc4NC3=O)CC2)nc1C. The molecule has 0 radical (unpaired) electrons. The number of likely N-dealkylation sites (N-methyl/N-ethyl adjacent to an activating group) is 1. The van der Waals surface area contributed by atoms with Crippen LogP contribution < -0.4 is 10.2 Å². The number of rotatable bonds is 6. The van der Waals surface area contributed by atoms with Crippen LogP contribution in [0.25, 0.3) is 0 Å². The number of urea groups is 1. The molecule has 0 atom stereocenters. The summed E-state index contributed by atoms with van der Waals surface area (Å²) >= 11 is 1.46. The number of aryl methyl sites for hydroxylation is 1. The van der Waals surface area contributed by atoms with Gasteiger partial charge in [0.05, 0.1) is 12.3 Å². The third-order valence-electron chi connectivity index (χ3n) is 6.27. The molecule has 2 aliphatic rings. The van der Waals surface area contributed by atoms with Crippen LogP contribution in [-0.2, 0) is 11.2 Å². The molecule has 2 aliphatic heterocycles. The Bertz CT molecular complexity index is 970. The summed E-state index contributed by atoms with van der Waals surface area (Å²) in [5, 5.41) is 3.96. The molecule has 8 nitrogen and oxygen atoms in total. The van der Waals surface area contributed by atoms with Crippen LogP contribution in [0.2, 0.25) is 0 Å². The fraction of sp³-hybridized carbons (Fsp3) is 0.522. The van der Waals surface area contributed by atoms with E-state index >= 15 is 0 Å². The number of benzene rings is 1. The van der Waals surface area contributed by atoms with Crippen LogP contribution >= 0.6 is 11.3 Å². The molecule has 0 bridgehead atoms. The fourth-order valence-electron chi connectivity index (χ4n) is 4.33. The average molecular weight is 458 g/mol. The molecule has 0 unspecified atom stereocenters. The number of carbonyl (C=O) groups excluding carboxylic acids is 2. The van der Waals surface area contributed by atoms with Gasteiger partial charge in [-0.15, -0.1) is 0 Å². The van der Waals surface area contributed by atoms with Crippen molar-refractivity contribution in [3.05, 3.63) is 40.4 Å². The molecule has 1 saturated heterocycles. The number of carbonyl (C=O) groups is 2. The number of hydrogen-bond donors (Lipinski definition) is 1. The van der Waals surface area contributed by atoms with E-state index < -0.39 is 0 Å². The van der Waals surface area contributed by atoms with Crippen molar-refractivity contribution >= 4 is 34.1 Å². The maximum Gasteiger partial charge on any atom is 0.322 e. The standard InChI is InChI=1S/C23H31N5O3S/c1-16-20(21(29)26(2)14-15-31-3)32-23(24-16)27-11-9-18(10-12-27)28-13-8-17-6-4-5-7-19(17)25-22(28)30/h4-7,18H,8-15H2,1-3H3,(H,25,30). The summed E-state index contributed by atoms with van der Waals surface area (Å²) < 4.78 is 5.08. The highest BCUT2D eigenvalue weighted by Crippen LogP contribution is 2.31. The number of aromatic nitrogens is 1. The predicted molar refractivity (Wildman–Crippen MR) is 127 cm³/mol. The lowest BCUT2D eigenvalue weighted by atomic mass is 10.0. The van der Waals surface area contributed by atoms with Gasteiger partial charge in [0.25, 0.3) is 5.91 Å². The fourth-order valence-corrected chi connectivity index (χ4v) is 5.44. The van der Waals surface area contributed by atoms with Gasteiger partial charge < -0.3 is 24.8 Å². The molecule has 1 N–H and O–H groups in total. The first-order chi connectivity index (χ1) is 15.5. The first-order valence-corrected chi connectivity index (χ1v) is 11.9. The molecule has 0 aliphatic carbocycles. The molecule has 9 heteroatoms. The highest BCUT2D eigenvalue weighted by Gasteiger charge is 2.31.